The molecule has 2 aromatic rings. The number of para-hydroxylation sites is 1. The Kier molecular flexibility index (Phi) is 5.99. The number of hydrogen-bond donors (Lipinski definition) is 0. The predicted octanol–water partition coefficient (Wildman–Crippen LogP) is 5.05. The van der Waals surface area contributed by atoms with E-state index in [-0.39, 0.29) is 16.5 Å². The topological polar surface area (TPSA) is 29.5 Å². The van der Waals surface area contributed by atoms with E-state index in [0.29, 0.717) is 23.1 Å². The van der Waals surface area contributed by atoms with Crippen LogP contribution in [0.5, 0.6) is 0 Å². The zero-order valence-electron chi connectivity index (χ0n) is 13.7. The summed E-state index contributed by atoms with van der Waals surface area (Å²) < 4.78 is 5.47. The zero-order valence-corrected chi connectivity index (χ0v) is 16.1. The Balaban J connectivity index is 1.84. The number of halogens is 1. The molecule has 1 aliphatic rings. The van der Waals surface area contributed by atoms with Gasteiger partial charge in [0.05, 0.1) is 11.3 Å². The molecule has 0 spiro atoms. The highest BCUT2D eigenvalue weighted by Crippen LogP contribution is 2.43. The number of carbonyl (C=O) groups is 1. The molecule has 0 bridgehead atoms. The summed E-state index contributed by atoms with van der Waals surface area (Å²) in [6.07, 6.45) is 0. The number of ether oxygens (including phenoxy) is 1. The Morgan fingerprint density at radius 2 is 1.96 bits per heavy atom. The van der Waals surface area contributed by atoms with Gasteiger partial charge >= 0.3 is 0 Å². The summed E-state index contributed by atoms with van der Waals surface area (Å²) in [5.41, 5.74) is 2.65. The van der Waals surface area contributed by atoms with Crippen LogP contribution in [0.2, 0.25) is 0 Å². The summed E-state index contributed by atoms with van der Waals surface area (Å²) in [4.78, 5) is 14.7. The number of anilines is 1. The van der Waals surface area contributed by atoms with Crippen molar-refractivity contribution in [3.63, 3.8) is 0 Å². The van der Waals surface area contributed by atoms with Crippen LogP contribution >= 0.6 is 35.6 Å². The van der Waals surface area contributed by atoms with Crippen molar-refractivity contribution in [1.82, 2.24) is 0 Å². The SMILES string of the molecule is CCOC(=S)SC(Cl)C1CN(C(=O)c2ccccc2)c2ccccc21. The molecule has 3 rings (SSSR count). The first-order valence-corrected chi connectivity index (χ1v) is 9.77. The summed E-state index contributed by atoms with van der Waals surface area (Å²) in [6, 6.07) is 17.2. The third-order valence-corrected chi connectivity index (χ3v) is 5.90. The van der Waals surface area contributed by atoms with Gasteiger partial charge in [0, 0.05) is 23.7 Å². The normalized spacial score (nSPS) is 17.0. The van der Waals surface area contributed by atoms with E-state index in [9.17, 15) is 4.79 Å². The molecule has 1 aliphatic heterocycles. The molecule has 2 atom stereocenters. The minimum Gasteiger partial charge on any atom is -0.479 e. The van der Waals surface area contributed by atoms with Gasteiger partial charge in [0.1, 0.15) is 0 Å². The van der Waals surface area contributed by atoms with E-state index in [4.69, 9.17) is 28.6 Å². The van der Waals surface area contributed by atoms with Crippen molar-refractivity contribution >= 4 is 51.6 Å². The van der Waals surface area contributed by atoms with Crippen molar-refractivity contribution in [3.8, 4) is 0 Å². The summed E-state index contributed by atoms with van der Waals surface area (Å²) in [7, 11) is 0. The Bertz CT molecular complexity index is 769. The van der Waals surface area contributed by atoms with Gasteiger partial charge in [-0.2, -0.15) is 0 Å². The van der Waals surface area contributed by atoms with Gasteiger partial charge in [0.15, 0.2) is 0 Å². The molecule has 3 nitrogen and oxygen atoms in total. The van der Waals surface area contributed by atoms with Gasteiger partial charge in [-0.05, 0) is 42.9 Å². The molecule has 130 valence electrons. The number of amides is 1. The van der Waals surface area contributed by atoms with E-state index in [1.807, 2.05) is 61.5 Å². The fraction of sp³-hybridized carbons (Fsp3) is 0.263. The number of benzene rings is 2. The summed E-state index contributed by atoms with van der Waals surface area (Å²) in [5.74, 6) is -0.0225. The number of rotatable bonds is 4. The molecule has 2 unspecified atom stereocenters. The molecule has 0 radical (unpaired) electrons. The van der Waals surface area contributed by atoms with E-state index in [1.54, 1.807) is 4.90 Å². The molecule has 25 heavy (non-hydrogen) atoms. The van der Waals surface area contributed by atoms with Crippen LogP contribution in [0, 0.1) is 0 Å². The lowest BCUT2D eigenvalue weighted by molar-refractivity contribution is 0.0988. The number of nitrogens with zero attached hydrogens (tertiary/aromatic N) is 1. The molecule has 2 aromatic carbocycles. The summed E-state index contributed by atoms with van der Waals surface area (Å²) in [6.45, 7) is 2.94. The summed E-state index contributed by atoms with van der Waals surface area (Å²) >= 11 is 13.1. The van der Waals surface area contributed by atoms with Gasteiger partial charge in [-0.15, -0.1) is 11.6 Å². The molecule has 1 heterocycles. The van der Waals surface area contributed by atoms with Gasteiger partial charge < -0.3 is 9.64 Å². The number of hydrogen-bond acceptors (Lipinski definition) is 4. The van der Waals surface area contributed by atoms with Crippen molar-refractivity contribution in [3.05, 3.63) is 65.7 Å². The van der Waals surface area contributed by atoms with Crippen molar-refractivity contribution in [2.24, 2.45) is 0 Å². The first-order chi connectivity index (χ1) is 12.1. The third kappa shape index (κ3) is 4.00. The average molecular weight is 392 g/mol. The van der Waals surface area contributed by atoms with Gasteiger partial charge in [0.25, 0.3) is 5.91 Å². The molecule has 0 fully saturated rings. The second kappa shape index (κ2) is 8.21. The standard InChI is InChI=1S/C19H18ClNO2S2/c1-2-23-19(24)25-17(20)15-12-21(16-11-7-6-10-14(15)16)18(22)13-8-4-3-5-9-13/h3-11,15,17H,2,12H2,1H3. The molecular weight excluding hydrogens is 374 g/mol. The maximum absolute atomic E-state index is 12.9. The van der Waals surface area contributed by atoms with Crippen molar-refractivity contribution < 1.29 is 9.53 Å². The van der Waals surface area contributed by atoms with Crippen molar-refractivity contribution in [1.29, 1.82) is 0 Å². The smallest absolute Gasteiger partial charge is 0.258 e. The van der Waals surface area contributed by atoms with Crippen LogP contribution in [-0.2, 0) is 4.74 Å². The van der Waals surface area contributed by atoms with Crippen molar-refractivity contribution in [2.45, 2.75) is 17.6 Å². The largest absolute Gasteiger partial charge is 0.479 e. The maximum atomic E-state index is 12.9. The molecule has 0 aliphatic carbocycles. The highest BCUT2D eigenvalue weighted by molar-refractivity contribution is 8.23. The minimum atomic E-state index is -0.297. The zero-order chi connectivity index (χ0) is 17.8. The minimum absolute atomic E-state index is 0.00562. The lowest BCUT2D eigenvalue weighted by Crippen LogP contribution is -2.31. The molecule has 6 heteroatoms. The van der Waals surface area contributed by atoms with Crippen LogP contribution in [-0.4, -0.2) is 28.2 Å². The third-order valence-electron chi connectivity index (χ3n) is 4.06. The van der Waals surface area contributed by atoms with Gasteiger partial charge in [-0.3, -0.25) is 4.79 Å². The first-order valence-electron chi connectivity index (χ1n) is 8.05. The fourth-order valence-electron chi connectivity index (χ4n) is 2.92. The van der Waals surface area contributed by atoms with E-state index in [1.165, 1.54) is 11.8 Å². The Hall–Kier alpha value is -1.56. The Morgan fingerprint density at radius 3 is 2.68 bits per heavy atom. The highest BCUT2D eigenvalue weighted by Gasteiger charge is 2.37. The lowest BCUT2D eigenvalue weighted by Gasteiger charge is -2.20. The number of carbonyl (C=O) groups excluding carboxylic acids is 1. The molecule has 0 aromatic heterocycles. The van der Waals surface area contributed by atoms with Crippen LogP contribution in [0.15, 0.2) is 54.6 Å². The molecule has 0 N–H and O–H groups in total. The number of thiocarbonyl (C=S) groups is 1. The quantitative estimate of drug-likeness (QED) is 0.538. The second-order valence-corrected chi connectivity index (χ2v) is 8.07. The maximum Gasteiger partial charge on any atom is 0.258 e. The van der Waals surface area contributed by atoms with Crippen LogP contribution in [0.3, 0.4) is 0 Å². The van der Waals surface area contributed by atoms with E-state index < -0.39 is 0 Å². The van der Waals surface area contributed by atoms with Gasteiger partial charge in [0.2, 0.25) is 4.38 Å². The monoisotopic (exact) mass is 391 g/mol. The second-order valence-electron chi connectivity index (χ2n) is 5.60. The van der Waals surface area contributed by atoms with Crippen LogP contribution < -0.4 is 4.90 Å². The molecule has 1 amide bonds. The van der Waals surface area contributed by atoms with Crippen LogP contribution in [0.4, 0.5) is 5.69 Å². The molecule has 0 saturated heterocycles. The fourth-order valence-corrected chi connectivity index (χ4v) is 4.73. The number of alkyl halides is 1. The highest BCUT2D eigenvalue weighted by atomic mass is 35.5. The first kappa shape index (κ1) is 18.2. The van der Waals surface area contributed by atoms with Gasteiger partial charge in [-0.1, -0.05) is 48.2 Å². The van der Waals surface area contributed by atoms with Crippen molar-refractivity contribution in [2.75, 3.05) is 18.1 Å². The average Bonchev–Trinajstić information content (AvgIpc) is 3.02. The van der Waals surface area contributed by atoms with E-state index in [0.717, 1.165) is 11.3 Å². The van der Waals surface area contributed by atoms with Gasteiger partial charge in [-0.25, -0.2) is 0 Å². The number of thioether (sulfide) groups is 1. The lowest BCUT2D eigenvalue weighted by atomic mass is 10.0. The van der Waals surface area contributed by atoms with E-state index in [2.05, 4.69) is 0 Å². The van der Waals surface area contributed by atoms with Crippen LogP contribution in [0.25, 0.3) is 0 Å². The van der Waals surface area contributed by atoms with E-state index >= 15 is 0 Å². The molecule has 0 saturated carbocycles. The Labute approximate surface area is 162 Å². The Morgan fingerprint density at radius 1 is 1.28 bits per heavy atom. The number of fused-ring (bicyclic) bond motifs is 1. The molecular formula is C19H18ClNO2S2. The predicted molar refractivity (Wildman–Crippen MR) is 109 cm³/mol. The summed E-state index contributed by atoms with van der Waals surface area (Å²) in [5, 5.41) is 0. The van der Waals surface area contributed by atoms with Crippen LogP contribution in [0.1, 0.15) is 28.8 Å².